The van der Waals surface area contributed by atoms with Crippen molar-refractivity contribution in [2.45, 2.75) is 38.1 Å². The highest BCUT2D eigenvalue weighted by atomic mass is 35.5. The summed E-state index contributed by atoms with van der Waals surface area (Å²) in [5.41, 5.74) is 1.83. The number of carbonyl (C=O) groups excluding carboxylic acids is 1. The first kappa shape index (κ1) is 21.4. The van der Waals surface area contributed by atoms with Crippen LogP contribution < -0.4 is 5.32 Å². The lowest BCUT2D eigenvalue weighted by molar-refractivity contribution is -0.121. The van der Waals surface area contributed by atoms with Crippen LogP contribution in [0.2, 0.25) is 5.02 Å². The van der Waals surface area contributed by atoms with E-state index in [1.807, 2.05) is 38.1 Å². The van der Waals surface area contributed by atoms with Crippen LogP contribution in [-0.2, 0) is 21.4 Å². The van der Waals surface area contributed by atoms with Gasteiger partial charge in [0, 0.05) is 18.1 Å². The third-order valence-corrected chi connectivity index (χ3v) is 6.29. The number of halogens is 1. The molecular formula is C20H25ClN2O3S. The molecule has 0 bridgehead atoms. The summed E-state index contributed by atoms with van der Waals surface area (Å²) in [5.74, 6) is -0.311. The SMILES string of the molecule is CCCCNC(=O)CN(Cc1ccccc1C)S(=O)(=O)c1ccc(Cl)cc1. The number of sulfonamides is 1. The number of rotatable bonds is 9. The molecule has 7 heteroatoms. The molecule has 2 rings (SSSR count). The molecule has 5 nitrogen and oxygen atoms in total. The third kappa shape index (κ3) is 6.06. The summed E-state index contributed by atoms with van der Waals surface area (Å²) in [5, 5.41) is 3.24. The van der Waals surface area contributed by atoms with Crippen molar-refractivity contribution in [1.29, 1.82) is 0 Å². The number of hydrogen-bond donors (Lipinski definition) is 1. The highest BCUT2D eigenvalue weighted by Gasteiger charge is 2.27. The molecule has 0 fully saturated rings. The summed E-state index contributed by atoms with van der Waals surface area (Å²) in [6.45, 7) is 4.38. The molecule has 0 unspecified atom stereocenters. The topological polar surface area (TPSA) is 66.5 Å². The zero-order valence-electron chi connectivity index (χ0n) is 15.6. The Morgan fingerprint density at radius 3 is 2.41 bits per heavy atom. The first-order valence-electron chi connectivity index (χ1n) is 8.91. The third-order valence-electron chi connectivity index (χ3n) is 4.23. The predicted molar refractivity (Wildman–Crippen MR) is 108 cm³/mol. The van der Waals surface area contributed by atoms with Gasteiger partial charge in [0.25, 0.3) is 0 Å². The van der Waals surface area contributed by atoms with Gasteiger partial charge in [0.15, 0.2) is 0 Å². The Bertz CT molecular complexity index is 867. The highest BCUT2D eigenvalue weighted by molar-refractivity contribution is 7.89. The zero-order valence-corrected chi connectivity index (χ0v) is 17.2. The van der Waals surface area contributed by atoms with Crippen LogP contribution in [0.25, 0.3) is 0 Å². The Morgan fingerprint density at radius 2 is 1.78 bits per heavy atom. The standard InChI is InChI=1S/C20H25ClN2O3S/c1-3-4-13-22-20(24)15-23(14-17-8-6-5-7-16(17)2)27(25,26)19-11-9-18(21)10-12-19/h5-12H,3-4,13-15H2,1-2H3,(H,22,24). The van der Waals surface area contributed by atoms with E-state index in [0.29, 0.717) is 11.6 Å². The normalized spacial score (nSPS) is 11.6. The minimum Gasteiger partial charge on any atom is -0.355 e. The second-order valence-corrected chi connectivity index (χ2v) is 8.73. The predicted octanol–water partition coefficient (Wildman–Crippen LogP) is 3.76. The molecule has 2 aromatic rings. The highest BCUT2D eigenvalue weighted by Crippen LogP contribution is 2.21. The van der Waals surface area contributed by atoms with Gasteiger partial charge in [-0.3, -0.25) is 4.79 Å². The van der Waals surface area contributed by atoms with E-state index in [9.17, 15) is 13.2 Å². The van der Waals surface area contributed by atoms with E-state index in [-0.39, 0.29) is 23.9 Å². The molecule has 0 aliphatic rings. The van der Waals surface area contributed by atoms with Gasteiger partial charge in [0.2, 0.25) is 15.9 Å². The lowest BCUT2D eigenvalue weighted by atomic mass is 10.1. The van der Waals surface area contributed by atoms with Crippen molar-refractivity contribution in [3.05, 3.63) is 64.7 Å². The second kappa shape index (κ2) is 9.88. The van der Waals surface area contributed by atoms with Gasteiger partial charge < -0.3 is 5.32 Å². The molecule has 27 heavy (non-hydrogen) atoms. The number of carbonyl (C=O) groups is 1. The number of hydrogen-bond acceptors (Lipinski definition) is 3. The van der Waals surface area contributed by atoms with Crippen molar-refractivity contribution < 1.29 is 13.2 Å². The Hall–Kier alpha value is -1.89. The molecule has 1 amide bonds. The van der Waals surface area contributed by atoms with Gasteiger partial charge in [-0.2, -0.15) is 4.31 Å². The molecule has 0 aliphatic heterocycles. The van der Waals surface area contributed by atoms with Crippen molar-refractivity contribution in [3.63, 3.8) is 0 Å². The molecule has 1 N–H and O–H groups in total. The van der Waals surface area contributed by atoms with Crippen molar-refractivity contribution in [2.75, 3.05) is 13.1 Å². The molecule has 146 valence electrons. The Balaban J connectivity index is 2.29. The fourth-order valence-electron chi connectivity index (χ4n) is 2.58. The van der Waals surface area contributed by atoms with Crippen molar-refractivity contribution in [1.82, 2.24) is 9.62 Å². The quantitative estimate of drug-likeness (QED) is 0.642. The van der Waals surface area contributed by atoms with E-state index in [2.05, 4.69) is 5.32 Å². The summed E-state index contributed by atoms with van der Waals surface area (Å²) in [6.07, 6.45) is 1.81. The van der Waals surface area contributed by atoms with Crippen LogP contribution in [0.5, 0.6) is 0 Å². The molecule has 2 aromatic carbocycles. The van der Waals surface area contributed by atoms with E-state index in [4.69, 9.17) is 11.6 Å². The van der Waals surface area contributed by atoms with E-state index >= 15 is 0 Å². The summed E-state index contributed by atoms with van der Waals surface area (Å²) < 4.78 is 27.5. The van der Waals surface area contributed by atoms with E-state index in [1.165, 1.54) is 28.6 Å². The number of benzene rings is 2. The number of aryl methyl sites for hydroxylation is 1. The van der Waals surface area contributed by atoms with E-state index in [0.717, 1.165) is 24.0 Å². The molecule has 0 heterocycles. The molecule has 0 saturated heterocycles. The van der Waals surface area contributed by atoms with Gasteiger partial charge in [-0.05, 0) is 48.7 Å². The first-order chi connectivity index (χ1) is 12.8. The van der Waals surface area contributed by atoms with Gasteiger partial charge in [-0.15, -0.1) is 0 Å². The summed E-state index contributed by atoms with van der Waals surface area (Å²) in [6, 6.07) is 13.5. The van der Waals surface area contributed by atoms with Gasteiger partial charge in [0.05, 0.1) is 11.4 Å². The molecule has 0 saturated carbocycles. The van der Waals surface area contributed by atoms with Crippen molar-refractivity contribution in [3.8, 4) is 0 Å². The smallest absolute Gasteiger partial charge is 0.243 e. The molecule has 0 atom stereocenters. The molecule has 0 aromatic heterocycles. The van der Waals surface area contributed by atoms with Crippen molar-refractivity contribution in [2.24, 2.45) is 0 Å². The average molecular weight is 409 g/mol. The first-order valence-corrected chi connectivity index (χ1v) is 10.7. The minimum absolute atomic E-state index is 0.113. The summed E-state index contributed by atoms with van der Waals surface area (Å²) in [7, 11) is -3.84. The number of nitrogens with one attached hydrogen (secondary N) is 1. The molecular weight excluding hydrogens is 384 g/mol. The van der Waals surface area contributed by atoms with Crippen LogP contribution in [0.15, 0.2) is 53.4 Å². The molecule has 0 spiro atoms. The monoisotopic (exact) mass is 408 g/mol. The largest absolute Gasteiger partial charge is 0.355 e. The zero-order chi connectivity index (χ0) is 19.9. The van der Waals surface area contributed by atoms with Crippen LogP contribution in [0.4, 0.5) is 0 Å². The second-order valence-electron chi connectivity index (χ2n) is 6.36. The van der Waals surface area contributed by atoms with Crippen LogP contribution in [0.3, 0.4) is 0 Å². The van der Waals surface area contributed by atoms with Crippen LogP contribution in [-0.4, -0.2) is 31.7 Å². The van der Waals surface area contributed by atoms with E-state index in [1.54, 1.807) is 0 Å². The maximum Gasteiger partial charge on any atom is 0.243 e. The van der Waals surface area contributed by atoms with Gasteiger partial charge in [-0.25, -0.2) is 8.42 Å². The fourth-order valence-corrected chi connectivity index (χ4v) is 4.08. The Labute approximate surface area is 166 Å². The lowest BCUT2D eigenvalue weighted by Gasteiger charge is -2.23. The number of unbranched alkanes of at least 4 members (excludes halogenated alkanes) is 1. The Kier molecular flexibility index (Phi) is 7.83. The van der Waals surface area contributed by atoms with Crippen LogP contribution in [0.1, 0.15) is 30.9 Å². The number of amides is 1. The van der Waals surface area contributed by atoms with Crippen LogP contribution >= 0.6 is 11.6 Å². The van der Waals surface area contributed by atoms with Gasteiger partial charge >= 0.3 is 0 Å². The minimum atomic E-state index is -3.84. The van der Waals surface area contributed by atoms with Gasteiger partial charge in [0.1, 0.15) is 0 Å². The molecule has 0 radical (unpaired) electrons. The Morgan fingerprint density at radius 1 is 1.11 bits per heavy atom. The maximum absolute atomic E-state index is 13.1. The number of nitrogens with zero attached hydrogens (tertiary/aromatic N) is 1. The maximum atomic E-state index is 13.1. The molecule has 0 aliphatic carbocycles. The lowest BCUT2D eigenvalue weighted by Crippen LogP contribution is -2.40. The van der Waals surface area contributed by atoms with Crippen LogP contribution in [0, 0.1) is 6.92 Å². The fraction of sp³-hybridized carbons (Fsp3) is 0.350. The van der Waals surface area contributed by atoms with Crippen molar-refractivity contribution >= 4 is 27.5 Å². The summed E-state index contributed by atoms with van der Waals surface area (Å²) >= 11 is 5.87. The average Bonchev–Trinajstić information content (AvgIpc) is 2.63. The van der Waals surface area contributed by atoms with Gasteiger partial charge in [-0.1, -0.05) is 49.2 Å². The summed E-state index contributed by atoms with van der Waals surface area (Å²) in [4.78, 5) is 12.4. The van der Waals surface area contributed by atoms with E-state index < -0.39 is 10.0 Å².